The lowest BCUT2D eigenvalue weighted by molar-refractivity contribution is -0.124. The molecule has 4 aromatic rings. The molecule has 0 aliphatic heterocycles. The number of hydrazone groups is 1. The molecular formula is C30H32N4O5. The van der Waals surface area contributed by atoms with Crippen molar-refractivity contribution in [2.45, 2.75) is 52.5 Å². The van der Waals surface area contributed by atoms with Gasteiger partial charge in [0.15, 0.2) is 11.3 Å². The third-order valence-corrected chi connectivity index (χ3v) is 6.59. The molecule has 0 spiro atoms. The van der Waals surface area contributed by atoms with Crippen LogP contribution in [0.5, 0.6) is 5.75 Å². The van der Waals surface area contributed by atoms with E-state index in [1.54, 1.807) is 0 Å². The van der Waals surface area contributed by atoms with E-state index in [4.69, 9.17) is 9.15 Å². The van der Waals surface area contributed by atoms with Gasteiger partial charge < -0.3 is 9.15 Å². The van der Waals surface area contributed by atoms with Crippen LogP contribution in [0.15, 0.2) is 79.9 Å². The standard InChI is InChI=1S/C30H32N4O5/c1-17(2)20-9-7-11-22(15-20)25(23-12-8-10-21(16-23)18(3)4)32-33-28(35)19(5)34-29(36)26-27(39-30(34)37)24(38-6)13-14-31-26/h7-19H,1-6H3,(H,33,35)/t19-/m0/s1. The number of nitrogens with zero attached hydrogens (tertiary/aromatic N) is 3. The van der Waals surface area contributed by atoms with Crippen molar-refractivity contribution in [2.24, 2.45) is 5.10 Å². The predicted octanol–water partition coefficient (Wildman–Crippen LogP) is 4.73. The molecule has 9 nitrogen and oxygen atoms in total. The molecule has 9 heteroatoms. The number of methoxy groups -OCH3 is 1. The normalized spacial score (nSPS) is 12.0. The van der Waals surface area contributed by atoms with Crippen molar-refractivity contribution in [1.29, 1.82) is 0 Å². The highest BCUT2D eigenvalue weighted by atomic mass is 16.5. The van der Waals surface area contributed by atoms with Gasteiger partial charge in [0, 0.05) is 23.4 Å². The van der Waals surface area contributed by atoms with Crippen molar-refractivity contribution >= 4 is 22.7 Å². The number of pyridine rings is 1. The molecule has 2 heterocycles. The van der Waals surface area contributed by atoms with Crippen LogP contribution in [0.2, 0.25) is 0 Å². The number of nitrogens with one attached hydrogen (secondary N) is 1. The molecule has 0 radical (unpaired) electrons. The molecule has 1 amide bonds. The van der Waals surface area contributed by atoms with E-state index in [9.17, 15) is 14.4 Å². The van der Waals surface area contributed by atoms with Crippen LogP contribution in [0.25, 0.3) is 11.1 Å². The summed E-state index contributed by atoms with van der Waals surface area (Å²) in [7, 11) is 1.39. The smallest absolute Gasteiger partial charge is 0.423 e. The first-order valence-electron chi connectivity index (χ1n) is 12.8. The van der Waals surface area contributed by atoms with E-state index >= 15 is 0 Å². The van der Waals surface area contributed by atoms with Crippen molar-refractivity contribution < 1.29 is 13.9 Å². The van der Waals surface area contributed by atoms with Gasteiger partial charge in [0.2, 0.25) is 5.58 Å². The topological polar surface area (TPSA) is 116 Å². The molecule has 0 aliphatic carbocycles. The monoisotopic (exact) mass is 528 g/mol. The maximum atomic E-state index is 13.2. The van der Waals surface area contributed by atoms with E-state index < -0.39 is 23.3 Å². The first kappa shape index (κ1) is 27.5. The number of fused-ring (bicyclic) bond motifs is 1. The molecule has 39 heavy (non-hydrogen) atoms. The van der Waals surface area contributed by atoms with E-state index in [-0.39, 0.29) is 16.8 Å². The van der Waals surface area contributed by atoms with Crippen molar-refractivity contribution in [3.63, 3.8) is 0 Å². The zero-order valence-electron chi connectivity index (χ0n) is 22.9. The van der Waals surface area contributed by atoms with E-state index in [0.29, 0.717) is 17.5 Å². The Morgan fingerprint density at radius 2 is 1.54 bits per heavy atom. The van der Waals surface area contributed by atoms with Crippen LogP contribution >= 0.6 is 0 Å². The van der Waals surface area contributed by atoms with Crippen LogP contribution in [-0.2, 0) is 4.79 Å². The summed E-state index contributed by atoms with van der Waals surface area (Å²) < 4.78 is 11.2. The van der Waals surface area contributed by atoms with Crippen LogP contribution in [0.3, 0.4) is 0 Å². The van der Waals surface area contributed by atoms with E-state index in [2.05, 4.69) is 43.2 Å². The van der Waals surface area contributed by atoms with E-state index in [0.717, 1.165) is 26.8 Å². The second kappa shape index (κ2) is 11.5. The van der Waals surface area contributed by atoms with Crippen LogP contribution in [-0.4, -0.2) is 28.3 Å². The summed E-state index contributed by atoms with van der Waals surface area (Å²) in [5.74, 6) is -0.868. The van der Waals surface area contributed by atoms with Crippen molar-refractivity contribution in [1.82, 2.24) is 15.0 Å². The molecule has 1 N–H and O–H groups in total. The zero-order chi connectivity index (χ0) is 28.3. The van der Waals surface area contributed by atoms with Crippen LogP contribution < -0.4 is 21.5 Å². The first-order valence-corrected chi connectivity index (χ1v) is 12.8. The maximum absolute atomic E-state index is 13.2. The molecule has 1 atom stereocenters. The van der Waals surface area contributed by atoms with Crippen molar-refractivity contribution in [2.75, 3.05) is 7.11 Å². The van der Waals surface area contributed by atoms with Gasteiger partial charge >= 0.3 is 5.76 Å². The molecular weight excluding hydrogens is 496 g/mol. The van der Waals surface area contributed by atoms with Gasteiger partial charge in [0.25, 0.3) is 11.5 Å². The summed E-state index contributed by atoms with van der Waals surface area (Å²) in [6.07, 6.45) is 1.37. The number of rotatable bonds is 8. The third kappa shape index (κ3) is 5.67. The molecule has 2 aromatic carbocycles. The summed E-state index contributed by atoms with van der Waals surface area (Å²) in [5.41, 5.74) is 6.08. The predicted molar refractivity (Wildman–Crippen MR) is 151 cm³/mol. The van der Waals surface area contributed by atoms with Crippen LogP contribution in [0.4, 0.5) is 0 Å². The average Bonchev–Trinajstić information content (AvgIpc) is 2.93. The van der Waals surface area contributed by atoms with Gasteiger partial charge in [0.1, 0.15) is 6.04 Å². The summed E-state index contributed by atoms with van der Waals surface area (Å²) >= 11 is 0. The summed E-state index contributed by atoms with van der Waals surface area (Å²) in [5, 5.41) is 4.49. The SMILES string of the molecule is COc1ccnc2c(=O)n([C@@H](C)C(=O)NN=C(c3cccc(C(C)C)c3)c3cccc(C(C)C)c3)c(=O)oc12. The Morgan fingerprint density at radius 3 is 2.08 bits per heavy atom. The van der Waals surface area contributed by atoms with Gasteiger partial charge in [-0.15, -0.1) is 0 Å². The lowest BCUT2D eigenvalue weighted by Crippen LogP contribution is -2.41. The minimum absolute atomic E-state index is 0.0748. The lowest BCUT2D eigenvalue weighted by atomic mass is 9.94. The number of hydrogen-bond donors (Lipinski definition) is 1. The van der Waals surface area contributed by atoms with Crippen molar-refractivity contribution in [3.8, 4) is 5.75 Å². The van der Waals surface area contributed by atoms with E-state index in [1.807, 2.05) is 48.5 Å². The Hall–Kier alpha value is -4.53. The minimum Gasteiger partial charge on any atom is -0.493 e. The average molecular weight is 529 g/mol. The fraction of sp³-hybridized carbons (Fsp3) is 0.300. The van der Waals surface area contributed by atoms with Crippen LogP contribution in [0, 0.1) is 0 Å². The Kier molecular flexibility index (Phi) is 8.09. The minimum atomic E-state index is -1.22. The second-order valence-corrected chi connectivity index (χ2v) is 9.91. The Bertz CT molecular complexity index is 1610. The highest BCUT2D eigenvalue weighted by Crippen LogP contribution is 2.22. The molecule has 2 aromatic heterocycles. The molecule has 4 rings (SSSR count). The fourth-order valence-corrected chi connectivity index (χ4v) is 4.22. The first-order chi connectivity index (χ1) is 18.6. The number of amides is 1. The highest BCUT2D eigenvalue weighted by molar-refractivity contribution is 6.13. The Labute approximate surface area is 226 Å². The van der Waals surface area contributed by atoms with Gasteiger partial charge in [-0.3, -0.25) is 9.59 Å². The van der Waals surface area contributed by atoms with Gasteiger partial charge in [-0.2, -0.15) is 5.10 Å². The quantitative estimate of drug-likeness (QED) is 0.261. The number of aromatic nitrogens is 2. The number of benzene rings is 2. The Balaban J connectivity index is 1.75. The highest BCUT2D eigenvalue weighted by Gasteiger charge is 2.23. The van der Waals surface area contributed by atoms with Gasteiger partial charge in [-0.25, -0.2) is 19.8 Å². The van der Waals surface area contributed by atoms with Gasteiger partial charge in [-0.05, 0) is 42.0 Å². The van der Waals surface area contributed by atoms with Crippen molar-refractivity contribution in [3.05, 3.63) is 104 Å². The zero-order valence-corrected chi connectivity index (χ0v) is 22.9. The van der Waals surface area contributed by atoms with Gasteiger partial charge in [0.05, 0.1) is 12.8 Å². The number of carbonyl (C=O) groups is 1. The summed E-state index contributed by atoms with van der Waals surface area (Å²) in [6, 6.07) is 16.2. The maximum Gasteiger partial charge on any atom is 0.423 e. The fourth-order valence-electron chi connectivity index (χ4n) is 4.22. The molecule has 0 saturated heterocycles. The molecule has 0 bridgehead atoms. The number of ether oxygens (including phenoxy) is 1. The number of hydrogen-bond acceptors (Lipinski definition) is 7. The molecule has 0 aliphatic rings. The second-order valence-electron chi connectivity index (χ2n) is 9.91. The molecule has 0 saturated carbocycles. The largest absolute Gasteiger partial charge is 0.493 e. The third-order valence-electron chi connectivity index (χ3n) is 6.59. The Morgan fingerprint density at radius 1 is 0.949 bits per heavy atom. The lowest BCUT2D eigenvalue weighted by Gasteiger charge is -2.15. The number of carbonyl (C=O) groups excluding carboxylic acids is 1. The summed E-state index contributed by atoms with van der Waals surface area (Å²) in [6.45, 7) is 9.85. The summed E-state index contributed by atoms with van der Waals surface area (Å²) in [4.78, 5) is 43.1. The molecule has 0 fully saturated rings. The molecule has 202 valence electrons. The van der Waals surface area contributed by atoms with Crippen LogP contribution in [0.1, 0.15) is 74.8 Å². The van der Waals surface area contributed by atoms with E-state index in [1.165, 1.54) is 26.3 Å². The molecule has 0 unspecified atom stereocenters. The van der Waals surface area contributed by atoms with Gasteiger partial charge in [-0.1, -0.05) is 64.1 Å².